The second-order valence-corrected chi connectivity index (χ2v) is 4.83. The van der Waals surface area contributed by atoms with Crippen molar-refractivity contribution in [2.24, 2.45) is 0 Å². The SMILES string of the molecule is CC[C@@H](c1cc([N+](=O)[O-])cc(F)c1O)N1CCNCC1.Cl.Cl. The van der Waals surface area contributed by atoms with Gasteiger partial charge in [0.25, 0.3) is 5.69 Å². The van der Waals surface area contributed by atoms with E-state index >= 15 is 0 Å². The summed E-state index contributed by atoms with van der Waals surface area (Å²) >= 11 is 0. The zero-order chi connectivity index (χ0) is 14.7. The molecule has 0 aromatic heterocycles. The summed E-state index contributed by atoms with van der Waals surface area (Å²) in [5.41, 5.74) is -0.0371. The number of benzene rings is 1. The predicted molar refractivity (Wildman–Crippen MR) is 86.7 cm³/mol. The highest BCUT2D eigenvalue weighted by atomic mass is 35.5. The number of hydrogen-bond donors (Lipinski definition) is 2. The van der Waals surface area contributed by atoms with E-state index in [1.165, 1.54) is 6.07 Å². The van der Waals surface area contributed by atoms with E-state index in [0.717, 1.165) is 32.2 Å². The normalized spacial score (nSPS) is 16.3. The van der Waals surface area contributed by atoms with E-state index in [4.69, 9.17) is 0 Å². The van der Waals surface area contributed by atoms with Gasteiger partial charge in [0, 0.05) is 43.9 Å². The van der Waals surface area contributed by atoms with Crippen LogP contribution in [0.3, 0.4) is 0 Å². The third kappa shape index (κ3) is 4.42. The summed E-state index contributed by atoms with van der Waals surface area (Å²) in [5, 5.41) is 23.9. The summed E-state index contributed by atoms with van der Waals surface area (Å²) in [6.45, 7) is 5.08. The van der Waals surface area contributed by atoms with E-state index in [0.29, 0.717) is 12.0 Å². The lowest BCUT2D eigenvalue weighted by molar-refractivity contribution is -0.385. The number of piperazine rings is 1. The van der Waals surface area contributed by atoms with E-state index < -0.39 is 16.5 Å². The fourth-order valence-corrected chi connectivity index (χ4v) is 2.63. The van der Waals surface area contributed by atoms with E-state index in [2.05, 4.69) is 10.2 Å². The minimum atomic E-state index is -0.942. The maximum Gasteiger partial charge on any atom is 0.272 e. The Morgan fingerprint density at radius 3 is 2.50 bits per heavy atom. The van der Waals surface area contributed by atoms with E-state index in [1.54, 1.807) is 0 Å². The molecule has 22 heavy (non-hydrogen) atoms. The molecule has 126 valence electrons. The fourth-order valence-electron chi connectivity index (χ4n) is 2.63. The lowest BCUT2D eigenvalue weighted by atomic mass is 10.00. The molecule has 0 spiro atoms. The van der Waals surface area contributed by atoms with Crippen LogP contribution in [-0.4, -0.2) is 41.1 Å². The van der Waals surface area contributed by atoms with Crippen LogP contribution >= 0.6 is 24.8 Å². The second-order valence-electron chi connectivity index (χ2n) is 4.83. The first-order valence-corrected chi connectivity index (χ1v) is 6.66. The van der Waals surface area contributed by atoms with Gasteiger partial charge in [0.15, 0.2) is 11.6 Å². The predicted octanol–water partition coefficient (Wildman–Crippen LogP) is 2.64. The fraction of sp³-hybridized carbons (Fsp3) is 0.538. The monoisotopic (exact) mass is 355 g/mol. The number of halogens is 3. The number of aromatic hydroxyl groups is 1. The maximum absolute atomic E-state index is 13.7. The summed E-state index contributed by atoms with van der Waals surface area (Å²) in [4.78, 5) is 12.3. The first-order chi connectivity index (χ1) is 9.54. The molecule has 1 aliphatic rings. The van der Waals surface area contributed by atoms with Gasteiger partial charge in [-0.15, -0.1) is 24.8 Å². The lowest BCUT2D eigenvalue weighted by Crippen LogP contribution is -2.45. The molecule has 0 saturated carbocycles. The van der Waals surface area contributed by atoms with Gasteiger partial charge in [-0.3, -0.25) is 15.0 Å². The van der Waals surface area contributed by atoms with Crippen molar-refractivity contribution in [1.82, 2.24) is 10.2 Å². The highest BCUT2D eigenvalue weighted by molar-refractivity contribution is 5.85. The number of nitro groups is 1. The summed E-state index contributed by atoms with van der Waals surface area (Å²) in [5.74, 6) is -1.43. The van der Waals surface area contributed by atoms with Gasteiger partial charge in [0.2, 0.25) is 0 Å². The molecule has 1 atom stereocenters. The molecule has 0 radical (unpaired) electrons. The number of phenolic OH excluding ortho intramolecular Hbond substituents is 1. The standard InChI is InChI=1S/C13H18FN3O3.2ClH/c1-2-12(16-5-3-15-4-6-16)10-7-9(17(19)20)8-11(14)13(10)18;;/h7-8,12,15,18H,2-6H2,1H3;2*1H/t12-;;/m0../s1. The molecule has 6 nitrogen and oxygen atoms in total. The summed E-state index contributed by atoms with van der Waals surface area (Å²) in [6.07, 6.45) is 0.647. The number of phenols is 1. The van der Waals surface area contributed by atoms with E-state index in [-0.39, 0.29) is 36.5 Å². The zero-order valence-electron chi connectivity index (χ0n) is 12.1. The number of nitro benzene ring substituents is 1. The van der Waals surface area contributed by atoms with Crippen molar-refractivity contribution >= 4 is 30.5 Å². The van der Waals surface area contributed by atoms with Gasteiger partial charge in [-0.1, -0.05) is 6.92 Å². The maximum atomic E-state index is 13.7. The number of hydrogen-bond acceptors (Lipinski definition) is 5. The van der Waals surface area contributed by atoms with E-state index in [1.807, 2.05) is 6.92 Å². The van der Waals surface area contributed by atoms with Gasteiger partial charge in [-0.05, 0) is 6.42 Å². The molecule has 1 heterocycles. The first-order valence-electron chi connectivity index (χ1n) is 6.66. The largest absolute Gasteiger partial charge is 0.505 e. The van der Waals surface area contributed by atoms with Gasteiger partial charge in [-0.25, -0.2) is 4.39 Å². The van der Waals surface area contributed by atoms with Crippen LogP contribution < -0.4 is 5.32 Å². The summed E-state index contributed by atoms with van der Waals surface area (Å²) in [6, 6.07) is 1.81. The van der Waals surface area contributed by atoms with Gasteiger partial charge < -0.3 is 10.4 Å². The van der Waals surface area contributed by atoms with Crippen molar-refractivity contribution in [3.05, 3.63) is 33.6 Å². The quantitative estimate of drug-likeness (QED) is 0.641. The van der Waals surface area contributed by atoms with Crippen molar-refractivity contribution in [2.75, 3.05) is 26.2 Å². The molecule has 1 aromatic rings. The molecule has 2 rings (SSSR count). The van der Waals surface area contributed by atoms with Crippen LogP contribution in [0.25, 0.3) is 0 Å². The molecule has 1 fully saturated rings. The van der Waals surface area contributed by atoms with Crippen LogP contribution in [0.4, 0.5) is 10.1 Å². The highest BCUT2D eigenvalue weighted by Gasteiger charge is 2.26. The van der Waals surface area contributed by atoms with Crippen LogP contribution in [0.15, 0.2) is 12.1 Å². The smallest absolute Gasteiger partial charge is 0.272 e. The Morgan fingerprint density at radius 2 is 2.00 bits per heavy atom. The van der Waals surface area contributed by atoms with Crippen molar-refractivity contribution in [2.45, 2.75) is 19.4 Å². The Balaban J connectivity index is 0.00000220. The molecule has 0 aliphatic carbocycles. The molecule has 0 amide bonds. The van der Waals surface area contributed by atoms with Gasteiger partial charge in [-0.2, -0.15) is 0 Å². The van der Waals surface area contributed by atoms with Crippen LogP contribution in [0.2, 0.25) is 0 Å². The summed E-state index contributed by atoms with van der Waals surface area (Å²) < 4.78 is 13.7. The molecule has 1 aromatic carbocycles. The van der Waals surface area contributed by atoms with E-state index in [9.17, 15) is 19.6 Å². The average Bonchev–Trinajstić information content (AvgIpc) is 2.45. The average molecular weight is 356 g/mol. The second kappa shape index (κ2) is 9.09. The topological polar surface area (TPSA) is 78.6 Å². The number of nitrogens with one attached hydrogen (secondary N) is 1. The third-order valence-electron chi connectivity index (χ3n) is 3.63. The number of nitrogens with zero attached hydrogens (tertiary/aromatic N) is 2. The molecule has 1 aliphatic heterocycles. The van der Waals surface area contributed by atoms with Crippen molar-refractivity contribution in [3.63, 3.8) is 0 Å². The third-order valence-corrected chi connectivity index (χ3v) is 3.63. The summed E-state index contributed by atoms with van der Waals surface area (Å²) in [7, 11) is 0. The molecule has 1 saturated heterocycles. The molecule has 2 N–H and O–H groups in total. The Morgan fingerprint density at radius 1 is 1.41 bits per heavy atom. The van der Waals surface area contributed by atoms with Crippen LogP contribution in [0, 0.1) is 15.9 Å². The molecule has 9 heteroatoms. The number of rotatable bonds is 4. The van der Waals surface area contributed by atoms with Crippen molar-refractivity contribution in [3.8, 4) is 5.75 Å². The first kappa shape index (κ1) is 20.9. The van der Waals surface area contributed by atoms with Gasteiger partial charge in [0.1, 0.15) is 0 Å². The Kier molecular flexibility index (Phi) is 8.62. The lowest BCUT2D eigenvalue weighted by Gasteiger charge is -2.34. The Hall–Kier alpha value is -1.15. The molecular formula is C13H20Cl2FN3O3. The van der Waals surface area contributed by atoms with Crippen LogP contribution in [-0.2, 0) is 0 Å². The number of non-ortho nitro benzene ring substituents is 1. The Labute approximate surface area is 140 Å². The zero-order valence-corrected chi connectivity index (χ0v) is 13.8. The minimum absolute atomic E-state index is 0. The minimum Gasteiger partial charge on any atom is -0.505 e. The molecule has 0 unspecified atom stereocenters. The molecule has 0 bridgehead atoms. The van der Waals surface area contributed by atoms with Gasteiger partial charge in [0.05, 0.1) is 11.0 Å². The van der Waals surface area contributed by atoms with Gasteiger partial charge >= 0.3 is 0 Å². The van der Waals surface area contributed by atoms with Crippen LogP contribution in [0.5, 0.6) is 5.75 Å². The Bertz CT molecular complexity index is 514. The van der Waals surface area contributed by atoms with Crippen LogP contribution in [0.1, 0.15) is 24.9 Å². The van der Waals surface area contributed by atoms with Crippen molar-refractivity contribution < 1.29 is 14.4 Å². The molecular weight excluding hydrogens is 336 g/mol. The highest BCUT2D eigenvalue weighted by Crippen LogP contribution is 2.36. The van der Waals surface area contributed by atoms with Crippen molar-refractivity contribution in [1.29, 1.82) is 0 Å².